The maximum atomic E-state index is 11.7. The lowest BCUT2D eigenvalue weighted by Crippen LogP contribution is -2.37. The average Bonchev–Trinajstić information content (AvgIpc) is 2.55. The lowest BCUT2D eigenvalue weighted by atomic mass is 10.1. The van der Waals surface area contributed by atoms with Crippen molar-refractivity contribution in [3.05, 3.63) is 35.4 Å². The second-order valence-corrected chi connectivity index (χ2v) is 4.76. The van der Waals surface area contributed by atoms with Crippen LogP contribution in [0.3, 0.4) is 0 Å². The number of hydrogen-bond acceptors (Lipinski definition) is 3. The predicted molar refractivity (Wildman–Crippen MR) is 89.1 cm³/mol. The van der Waals surface area contributed by atoms with E-state index in [9.17, 15) is 4.79 Å². The molecule has 6 heteroatoms. The van der Waals surface area contributed by atoms with Gasteiger partial charge in [-0.2, -0.15) is 0 Å². The first-order valence-corrected chi connectivity index (χ1v) is 7.51. The third kappa shape index (κ3) is 6.58. The van der Waals surface area contributed by atoms with Crippen LogP contribution in [0.25, 0.3) is 0 Å². The molecule has 6 nitrogen and oxygen atoms in total. The number of hydrogen-bond donors (Lipinski definition) is 3. The van der Waals surface area contributed by atoms with E-state index in [4.69, 9.17) is 4.74 Å². The fraction of sp³-hybridized carbons (Fsp3) is 0.500. The number of nitrogens with zero attached hydrogens (tertiary/aromatic N) is 1. The van der Waals surface area contributed by atoms with Gasteiger partial charge in [-0.25, -0.2) is 0 Å². The second-order valence-electron chi connectivity index (χ2n) is 4.76. The highest BCUT2D eigenvalue weighted by Crippen LogP contribution is 2.04. The Balaban J connectivity index is 2.41. The highest BCUT2D eigenvalue weighted by molar-refractivity contribution is 5.94. The zero-order valence-corrected chi connectivity index (χ0v) is 13.6. The van der Waals surface area contributed by atoms with Gasteiger partial charge in [0.1, 0.15) is 0 Å². The summed E-state index contributed by atoms with van der Waals surface area (Å²) >= 11 is 0. The highest BCUT2D eigenvalue weighted by Gasteiger charge is 2.04. The van der Waals surface area contributed by atoms with Gasteiger partial charge in [-0.3, -0.25) is 9.79 Å². The standard InChI is InChI=1S/C16H26N4O2/c1-4-18-15(21)14-8-6-13(7-9-14)12-20-16(17-2)19-10-5-11-22-3/h6-9H,4-5,10-12H2,1-3H3,(H,18,21)(H2,17,19,20). The van der Waals surface area contributed by atoms with Crippen LogP contribution in [0.4, 0.5) is 0 Å². The molecule has 0 spiro atoms. The number of methoxy groups -OCH3 is 1. The summed E-state index contributed by atoms with van der Waals surface area (Å²) in [4.78, 5) is 15.8. The van der Waals surface area contributed by atoms with Gasteiger partial charge in [0.25, 0.3) is 5.91 Å². The molecule has 1 amide bonds. The van der Waals surface area contributed by atoms with Crippen LogP contribution in [0.15, 0.2) is 29.3 Å². The minimum Gasteiger partial charge on any atom is -0.385 e. The number of rotatable bonds is 8. The number of ether oxygens (including phenoxy) is 1. The van der Waals surface area contributed by atoms with Crippen molar-refractivity contribution in [2.24, 2.45) is 4.99 Å². The Morgan fingerprint density at radius 2 is 1.91 bits per heavy atom. The largest absolute Gasteiger partial charge is 0.385 e. The third-order valence-electron chi connectivity index (χ3n) is 3.05. The van der Waals surface area contributed by atoms with Gasteiger partial charge in [-0.15, -0.1) is 0 Å². The summed E-state index contributed by atoms with van der Waals surface area (Å²) in [6.45, 7) is 4.73. The average molecular weight is 306 g/mol. The Morgan fingerprint density at radius 3 is 2.50 bits per heavy atom. The van der Waals surface area contributed by atoms with E-state index in [1.807, 2.05) is 31.2 Å². The molecule has 1 rings (SSSR count). The molecule has 0 unspecified atom stereocenters. The molecule has 3 N–H and O–H groups in total. The van der Waals surface area contributed by atoms with Crippen molar-refractivity contribution in [3.8, 4) is 0 Å². The predicted octanol–water partition coefficient (Wildman–Crippen LogP) is 1.14. The Morgan fingerprint density at radius 1 is 1.18 bits per heavy atom. The molecule has 1 aromatic rings. The SMILES string of the molecule is CCNC(=O)c1ccc(CNC(=NC)NCCCOC)cc1. The van der Waals surface area contributed by atoms with Gasteiger partial charge in [0.15, 0.2) is 5.96 Å². The number of guanidine groups is 1. The van der Waals surface area contributed by atoms with Crippen LogP contribution in [-0.4, -0.2) is 45.7 Å². The molecule has 0 aliphatic carbocycles. The first-order chi connectivity index (χ1) is 10.7. The van der Waals surface area contributed by atoms with E-state index in [2.05, 4.69) is 20.9 Å². The summed E-state index contributed by atoms with van der Waals surface area (Å²) in [5, 5.41) is 9.23. The number of amides is 1. The molecule has 0 aliphatic rings. The Bertz CT molecular complexity index is 472. The number of nitrogens with one attached hydrogen (secondary N) is 3. The van der Waals surface area contributed by atoms with Crippen LogP contribution in [0.1, 0.15) is 29.3 Å². The van der Waals surface area contributed by atoms with Crippen molar-refractivity contribution < 1.29 is 9.53 Å². The lowest BCUT2D eigenvalue weighted by molar-refractivity contribution is 0.0956. The maximum absolute atomic E-state index is 11.7. The summed E-state index contributed by atoms with van der Waals surface area (Å²) in [7, 11) is 3.43. The van der Waals surface area contributed by atoms with Crippen molar-refractivity contribution in [2.75, 3.05) is 33.9 Å². The monoisotopic (exact) mass is 306 g/mol. The smallest absolute Gasteiger partial charge is 0.251 e. The van der Waals surface area contributed by atoms with Crippen molar-refractivity contribution in [2.45, 2.75) is 19.9 Å². The van der Waals surface area contributed by atoms with Gasteiger partial charge >= 0.3 is 0 Å². The van der Waals surface area contributed by atoms with Gasteiger partial charge in [0.05, 0.1) is 0 Å². The molecule has 0 fully saturated rings. The Hall–Kier alpha value is -2.08. The molecule has 1 aromatic carbocycles. The van der Waals surface area contributed by atoms with Crippen molar-refractivity contribution in [1.82, 2.24) is 16.0 Å². The fourth-order valence-electron chi connectivity index (χ4n) is 1.87. The molecule has 0 bridgehead atoms. The zero-order chi connectivity index (χ0) is 16.2. The van der Waals surface area contributed by atoms with Gasteiger partial charge in [0, 0.05) is 46.0 Å². The molecule has 122 valence electrons. The van der Waals surface area contributed by atoms with Crippen molar-refractivity contribution in [3.63, 3.8) is 0 Å². The van der Waals surface area contributed by atoms with Gasteiger partial charge in [-0.1, -0.05) is 12.1 Å². The first-order valence-electron chi connectivity index (χ1n) is 7.51. The molecule has 22 heavy (non-hydrogen) atoms. The summed E-state index contributed by atoms with van der Waals surface area (Å²) in [6, 6.07) is 7.54. The van der Waals surface area contributed by atoms with E-state index in [0.717, 1.165) is 31.1 Å². The van der Waals surface area contributed by atoms with Crippen LogP contribution in [0.2, 0.25) is 0 Å². The molecule has 0 aliphatic heterocycles. The van der Waals surface area contributed by atoms with E-state index in [1.54, 1.807) is 14.2 Å². The van der Waals surface area contributed by atoms with Gasteiger partial charge in [-0.05, 0) is 31.0 Å². The van der Waals surface area contributed by atoms with E-state index >= 15 is 0 Å². The third-order valence-corrected chi connectivity index (χ3v) is 3.05. The molecule has 0 saturated heterocycles. The molecule has 0 radical (unpaired) electrons. The normalized spacial score (nSPS) is 11.1. The lowest BCUT2D eigenvalue weighted by Gasteiger charge is -2.12. The van der Waals surface area contributed by atoms with Crippen LogP contribution in [0, 0.1) is 0 Å². The minimum atomic E-state index is -0.0439. The van der Waals surface area contributed by atoms with E-state index in [-0.39, 0.29) is 5.91 Å². The molecule has 0 heterocycles. The summed E-state index contributed by atoms with van der Waals surface area (Å²) in [6.07, 6.45) is 0.929. The number of benzene rings is 1. The molecular formula is C16H26N4O2. The van der Waals surface area contributed by atoms with Gasteiger partial charge in [0.2, 0.25) is 0 Å². The Labute approximate surface area is 132 Å². The van der Waals surface area contributed by atoms with Crippen LogP contribution >= 0.6 is 0 Å². The number of aliphatic imine (C=N–C) groups is 1. The van der Waals surface area contributed by atoms with E-state index in [0.29, 0.717) is 18.7 Å². The molecular weight excluding hydrogens is 280 g/mol. The van der Waals surface area contributed by atoms with Crippen molar-refractivity contribution in [1.29, 1.82) is 0 Å². The quantitative estimate of drug-likeness (QED) is 0.382. The van der Waals surface area contributed by atoms with Crippen LogP contribution in [0.5, 0.6) is 0 Å². The van der Waals surface area contributed by atoms with Gasteiger partial charge < -0.3 is 20.7 Å². The van der Waals surface area contributed by atoms with Crippen LogP contribution in [-0.2, 0) is 11.3 Å². The maximum Gasteiger partial charge on any atom is 0.251 e. The van der Waals surface area contributed by atoms with E-state index < -0.39 is 0 Å². The Kier molecular flexibility index (Phi) is 8.67. The number of carbonyl (C=O) groups is 1. The number of carbonyl (C=O) groups excluding carboxylic acids is 1. The fourth-order valence-corrected chi connectivity index (χ4v) is 1.87. The molecule has 0 aromatic heterocycles. The topological polar surface area (TPSA) is 74.8 Å². The summed E-state index contributed by atoms with van der Waals surface area (Å²) in [5.41, 5.74) is 1.76. The first kappa shape index (κ1) is 18.0. The summed E-state index contributed by atoms with van der Waals surface area (Å²) < 4.78 is 5.00. The second kappa shape index (κ2) is 10.6. The molecule has 0 atom stereocenters. The molecule has 0 saturated carbocycles. The highest BCUT2D eigenvalue weighted by atomic mass is 16.5. The van der Waals surface area contributed by atoms with Crippen molar-refractivity contribution >= 4 is 11.9 Å². The minimum absolute atomic E-state index is 0.0439. The van der Waals surface area contributed by atoms with Crippen LogP contribution < -0.4 is 16.0 Å². The zero-order valence-electron chi connectivity index (χ0n) is 13.6. The van der Waals surface area contributed by atoms with E-state index in [1.165, 1.54) is 0 Å². The summed E-state index contributed by atoms with van der Waals surface area (Å²) in [5.74, 6) is 0.710.